The number of hydrogen-bond acceptors (Lipinski definition) is 3. The number of nitrogens with one attached hydrogen (secondary N) is 1. The molecular formula is C9H19N3O2. The molecule has 0 aliphatic heterocycles. The molecule has 0 rings (SSSR count). The fourth-order valence-corrected chi connectivity index (χ4v) is 1.05. The van der Waals surface area contributed by atoms with Gasteiger partial charge in [0.2, 0.25) is 11.8 Å². The van der Waals surface area contributed by atoms with Crippen LogP contribution in [0.4, 0.5) is 0 Å². The summed E-state index contributed by atoms with van der Waals surface area (Å²) in [7, 11) is 0. The lowest BCUT2D eigenvalue weighted by Gasteiger charge is -2.11. The highest BCUT2D eigenvalue weighted by atomic mass is 16.2. The third-order valence-corrected chi connectivity index (χ3v) is 2.08. The number of nitrogens with two attached hydrogens (primary N) is 2. The van der Waals surface area contributed by atoms with Gasteiger partial charge in [0.05, 0.1) is 0 Å². The Hall–Kier alpha value is -1.10. The van der Waals surface area contributed by atoms with E-state index in [0.717, 1.165) is 6.42 Å². The Morgan fingerprint density at radius 3 is 2.50 bits per heavy atom. The van der Waals surface area contributed by atoms with E-state index in [4.69, 9.17) is 11.5 Å². The largest absolute Gasteiger partial charge is 0.370 e. The maximum absolute atomic E-state index is 11.2. The fourth-order valence-electron chi connectivity index (χ4n) is 1.05. The lowest BCUT2D eigenvalue weighted by Crippen LogP contribution is -2.30. The molecule has 0 aliphatic carbocycles. The molecule has 0 saturated heterocycles. The van der Waals surface area contributed by atoms with Crippen molar-refractivity contribution in [2.45, 2.75) is 26.2 Å². The van der Waals surface area contributed by atoms with E-state index in [1.807, 2.05) is 6.92 Å². The first-order valence-electron chi connectivity index (χ1n) is 4.85. The van der Waals surface area contributed by atoms with Gasteiger partial charge in [-0.05, 0) is 12.5 Å². The van der Waals surface area contributed by atoms with Gasteiger partial charge >= 0.3 is 0 Å². The first-order valence-corrected chi connectivity index (χ1v) is 4.85. The van der Waals surface area contributed by atoms with Gasteiger partial charge in [-0.2, -0.15) is 0 Å². The quantitative estimate of drug-likeness (QED) is 0.510. The molecule has 1 unspecified atom stereocenters. The summed E-state index contributed by atoms with van der Waals surface area (Å²) in [6, 6.07) is 0. The van der Waals surface area contributed by atoms with Crippen LogP contribution in [0.15, 0.2) is 0 Å². The highest BCUT2D eigenvalue weighted by Crippen LogP contribution is 2.04. The number of amides is 2. The van der Waals surface area contributed by atoms with Crippen LogP contribution in [0.25, 0.3) is 0 Å². The van der Waals surface area contributed by atoms with Gasteiger partial charge in [-0.1, -0.05) is 13.3 Å². The Morgan fingerprint density at radius 1 is 1.43 bits per heavy atom. The zero-order valence-corrected chi connectivity index (χ0v) is 8.58. The number of primary amides is 1. The van der Waals surface area contributed by atoms with Crippen LogP contribution in [0, 0.1) is 5.92 Å². The second-order valence-corrected chi connectivity index (χ2v) is 3.28. The second kappa shape index (κ2) is 7.32. The summed E-state index contributed by atoms with van der Waals surface area (Å²) in [6.45, 7) is 2.82. The highest BCUT2D eigenvalue weighted by molar-refractivity contribution is 5.78. The van der Waals surface area contributed by atoms with Gasteiger partial charge in [-0.15, -0.1) is 0 Å². The summed E-state index contributed by atoms with van der Waals surface area (Å²) in [5, 5.41) is 2.62. The topological polar surface area (TPSA) is 98.2 Å². The normalized spacial score (nSPS) is 12.1. The Kier molecular flexibility index (Phi) is 6.74. The molecule has 0 spiro atoms. The summed E-state index contributed by atoms with van der Waals surface area (Å²) in [5.74, 6) is -0.247. The summed E-state index contributed by atoms with van der Waals surface area (Å²) >= 11 is 0. The second-order valence-electron chi connectivity index (χ2n) is 3.28. The first-order chi connectivity index (χ1) is 6.60. The van der Waals surface area contributed by atoms with Crippen LogP contribution in [0.3, 0.4) is 0 Å². The van der Waals surface area contributed by atoms with E-state index in [0.29, 0.717) is 19.5 Å². The molecule has 14 heavy (non-hydrogen) atoms. The smallest absolute Gasteiger partial charge is 0.220 e. The molecule has 0 aromatic heterocycles. The third-order valence-electron chi connectivity index (χ3n) is 2.08. The lowest BCUT2D eigenvalue weighted by atomic mass is 10.0. The lowest BCUT2D eigenvalue weighted by molar-refractivity contribution is -0.122. The maximum atomic E-state index is 11.2. The van der Waals surface area contributed by atoms with Crippen LogP contribution >= 0.6 is 0 Å². The van der Waals surface area contributed by atoms with Gasteiger partial charge in [-0.25, -0.2) is 0 Å². The van der Waals surface area contributed by atoms with Gasteiger partial charge in [0.25, 0.3) is 0 Å². The molecule has 0 bridgehead atoms. The van der Waals surface area contributed by atoms with Crippen molar-refractivity contribution in [3.8, 4) is 0 Å². The SMILES string of the molecule is CCC(CN)CC(=O)NCCC(N)=O. The van der Waals surface area contributed by atoms with E-state index in [-0.39, 0.29) is 18.2 Å². The van der Waals surface area contributed by atoms with Crippen molar-refractivity contribution >= 4 is 11.8 Å². The van der Waals surface area contributed by atoms with Crippen molar-refractivity contribution in [1.82, 2.24) is 5.32 Å². The van der Waals surface area contributed by atoms with Crippen LogP contribution in [0.5, 0.6) is 0 Å². The highest BCUT2D eigenvalue weighted by Gasteiger charge is 2.09. The van der Waals surface area contributed by atoms with Crippen LogP contribution in [-0.4, -0.2) is 24.9 Å². The summed E-state index contributed by atoms with van der Waals surface area (Å²) in [6.07, 6.45) is 1.50. The van der Waals surface area contributed by atoms with Crippen LogP contribution in [0.2, 0.25) is 0 Å². The number of hydrogen-bond donors (Lipinski definition) is 3. The van der Waals surface area contributed by atoms with E-state index >= 15 is 0 Å². The predicted octanol–water partition coefficient (Wildman–Crippen LogP) is -0.647. The molecule has 1 atom stereocenters. The van der Waals surface area contributed by atoms with Crippen molar-refractivity contribution < 1.29 is 9.59 Å². The Balaban J connectivity index is 3.59. The molecule has 82 valence electrons. The summed E-state index contributed by atoms with van der Waals surface area (Å²) in [5.41, 5.74) is 10.4. The van der Waals surface area contributed by atoms with Crippen molar-refractivity contribution in [1.29, 1.82) is 0 Å². The average molecular weight is 201 g/mol. The standard InChI is InChI=1S/C9H19N3O2/c1-2-7(6-10)5-9(14)12-4-3-8(11)13/h7H,2-6,10H2,1H3,(H2,11,13)(H,12,14). The Bertz CT molecular complexity index is 190. The van der Waals surface area contributed by atoms with Gasteiger partial charge < -0.3 is 16.8 Å². The molecule has 5 N–H and O–H groups in total. The van der Waals surface area contributed by atoms with Crippen molar-refractivity contribution in [2.75, 3.05) is 13.1 Å². The molecule has 0 aromatic rings. The predicted molar refractivity (Wildman–Crippen MR) is 54.3 cm³/mol. The number of rotatable bonds is 7. The monoisotopic (exact) mass is 201 g/mol. The van der Waals surface area contributed by atoms with Crippen LogP contribution < -0.4 is 16.8 Å². The number of carbonyl (C=O) groups excluding carboxylic acids is 2. The molecule has 0 saturated carbocycles. The minimum Gasteiger partial charge on any atom is -0.370 e. The van der Waals surface area contributed by atoms with Crippen LogP contribution in [0.1, 0.15) is 26.2 Å². The minimum atomic E-state index is -0.406. The van der Waals surface area contributed by atoms with Gasteiger partial charge in [0.1, 0.15) is 0 Å². The average Bonchev–Trinajstić information content (AvgIpc) is 2.13. The molecule has 0 aromatic carbocycles. The van der Waals surface area contributed by atoms with Crippen LogP contribution in [-0.2, 0) is 9.59 Å². The van der Waals surface area contributed by atoms with Gasteiger partial charge in [-0.3, -0.25) is 9.59 Å². The molecule has 0 aliphatic rings. The zero-order chi connectivity index (χ0) is 11.0. The Labute approximate surface area is 84.2 Å². The number of carbonyl (C=O) groups is 2. The third kappa shape index (κ3) is 6.42. The van der Waals surface area contributed by atoms with Gasteiger partial charge in [0, 0.05) is 19.4 Å². The molecule has 0 fully saturated rings. The minimum absolute atomic E-state index is 0.0662. The zero-order valence-electron chi connectivity index (χ0n) is 8.58. The maximum Gasteiger partial charge on any atom is 0.220 e. The van der Waals surface area contributed by atoms with E-state index < -0.39 is 5.91 Å². The summed E-state index contributed by atoms with van der Waals surface area (Å²) in [4.78, 5) is 21.6. The molecule has 2 amide bonds. The Morgan fingerprint density at radius 2 is 2.07 bits per heavy atom. The molecular weight excluding hydrogens is 182 g/mol. The van der Waals surface area contributed by atoms with E-state index in [1.165, 1.54) is 0 Å². The first kappa shape index (κ1) is 12.9. The molecule has 5 heteroatoms. The fraction of sp³-hybridized carbons (Fsp3) is 0.778. The van der Waals surface area contributed by atoms with Crippen molar-refractivity contribution in [3.63, 3.8) is 0 Å². The molecule has 0 radical (unpaired) electrons. The molecule has 5 nitrogen and oxygen atoms in total. The van der Waals surface area contributed by atoms with E-state index in [1.54, 1.807) is 0 Å². The van der Waals surface area contributed by atoms with E-state index in [2.05, 4.69) is 5.32 Å². The van der Waals surface area contributed by atoms with E-state index in [9.17, 15) is 9.59 Å². The molecule has 0 heterocycles. The summed E-state index contributed by atoms with van der Waals surface area (Å²) < 4.78 is 0. The van der Waals surface area contributed by atoms with Crippen molar-refractivity contribution in [3.05, 3.63) is 0 Å². The van der Waals surface area contributed by atoms with Crippen molar-refractivity contribution in [2.24, 2.45) is 17.4 Å². The van der Waals surface area contributed by atoms with Gasteiger partial charge in [0.15, 0.2) is 0 Å².